The van der Waals surface area contributed by atoms with Crippen LogP contribution in [0.2, 0.25) is 0 Å². The van der Waals surface area contributed by atoms with E-state index >= 15 is 0 Å². The van der Waals surface area contributed by atoms with Crippen LogP contribution in [0.1, 0.15) is 16.8 Å². The first-order valence-corrected chi connectivity index (χ1v) is 8.01. The van der Waals surface area contributed by atoms with Crippen molar-refractivity contribution in [3.63, 3.8) is 0 Å². The van der Waals surface area contributed by atoms with Gasteiger partial charge in [0.2, 0.25) is 5.91 Å². The second-order valence-electron chi connectivity index (χ2n) is 5.85. The highest BCUT2D eigenvalue weighted by atomic mass is 16.5. The van der Waals surface area contributed by atoms with Crippen LogP contribution in [0.4, 0.5) is 0 Å². The molecule has 0 saturated carbocycles. The van der Waals surface area contributed by atoms with Crippen LogP contribution in [-0.2, 0) is 17.8 Å². The van der Waals surface area contributed by atoms with Crippen LogP contribution in [0.15, 0.2) is 42.7 Å². The van der Waals surface area contributed by atoms with Gasteiger partial charge in [0.1, 0.15) is 5.65 Å². The molecule has 6 heteroatoms. The molecule has 0 radical (unpaired) electrons. The summed E-state index contributed by atoms with van der Waals surface area (Å²) in [5.41, 5.74) is 3.72. The van der Waals surface area contributed by atoms with Crippen molar-refractivity contribution in [2.45, 2.75) is 19.9 Å². The minimum Gasteiger partial charge on any atom is -0.493 e. The number of ether oxygens (including phenoxy) is 2. The molecule has 3 rings (SSSR count). The molecule has 1 aromatic carbocycles. The summed E-state index contributed by atoms with van der Waals surface area (Å²) >= 11 is 0. The Bertz CT molecular complexity index is 902. The molecule has 1 N–H and O–H groups in total. The van der Waals surface area contributed by atoms with Crippen molar-refractivity contribution in [1.29, 1.82) is 0 Å². The number of methoxy groups -OCH3 is 2. The van der Waals surface area contributed by atoms with Crippen LogP contribution in [0.5, 0.6) is 11.5 Å². The lowest BCUT2D eigenvalue weighted by atomic mass is 10.1. The Morgan fingerprint density at radius 2 is 1.92 bits per heavy atom. The van der Waals surface area contributed by atoms with Gasteiger partial charge in [-0.15, -0.1) is 0 Å². The minimum atomic E-state index is -0.0690. The lowest BCUT2D eigenvalue weighted by molar-refractivity contribution is -0.120. The number of nitrogens with zero attached hydrogens (tertiary/aromatic N) is 2. The van der Waals surface area contributed by atoms with Gasteiger partial charge < -0.3 is 19.2 Å². The number of nitrogens with one attached hydrogen (secondary N) is 1. The van der Waals surface area contributed by atoms with Gasteiger partial charge in [-0.3, -0.25) is 4.79 Å². The molecule has 1 amide bonds. The Morgan fingerprint density at radius 3 is 2.68 bits per heavy atom. The van der Waals surface area contributed by atoms with E-state index in [9.17, 15) is 4.79 Å². The summed E-state index contributed by atoms with van der Waals surface area (Å²) in [6.45, 7) is 2.43. The van der Waals surface area contributed by atoms with E-state index in [0.29, 0.717) is 18.0 Å². The maximum Gasteiger partial charge on any atom is 0.224 e. The van der Waals surface area contributed by atoms with Crippen LogP contribution in [0.3, 0.4) is 0 Å². The average molecular weight is 339 g/mol. The first-order valence-electron chi connectivity index (χ1n) is 8.01. The van der Waals surface area contributed by atoms with E-state index in [1.54, 1.807) is 20.3 Å². The number of carbonyl (C=O) groups is 1. The summed E-state index contributed by atoms with van der Waals surface area (Å²) in [4.78, 5) is 16.7. The number of rotatable bonds is 6. The van der Waals surface area contributed by atoms with Crippen molar-refractivity contribution < 1.29 is 14.3 Å². The van der Waals surface area contributed by atoms with Crippen molar-refractivity contribution in [3.8, 4) is 11.5 Å². The van der Waals surface area contributed by atoms with Gasteiger partial charge in [-0.1, -0.05) is 12.1 Å². The first-order chi connectivity index (χ1) is 12.1. The molecule has 0 fully saturated rings. The predicted octanol–water partition coefficient (Wildman–Crippen LogP) is 2.52. The lowest BCUT2D eigenvalue weighted by Gasteiger charge is -2.09. The van der Waals surface area contributed by atoms with Gasteiger partial charge in [-0.05, 0) is 36.2 Å². The lowest BCUT2D eigenvalue weighted by Crippen LogP contribution is -2.24. The van der Waals surface area contributed by atoms with Crippen molar-refractivity contribution in [2.75, 3.05) is 14.2 Å². The van der Waals surface area contributed by atoms with Crippen LogP contribution >= 0.6 is 0 Å². The molecule has 2 aromatic heterocycles. The van der Waals surface area contributed by atoms with Gasteiger partial charge in [0.15, 0.2) is 11.5 Å². The molecule has 25 heavy (non-hydrogen) atoms. The summed E-state index contributed by atoms with van der Waals surface area (Å²) in [5, 5.41) is 2.90. The zero-order chi connectivity index (χ0) is 17.8. The number of carbonyl (C=O) groups excluding carboxylic acids is 1. The Morgan fingerprint density at radius 1 is 1.12 bits per heavy atom. The maximum absolute atomic E-state index is 12.2. The van der Waals surface area contributed by atoms with Gasteiger partial charge in [-0.25, -0.2) is 4.98 Å². The van der Waals surface area contributed by atoms with E-state index in [1.807, 2.05) is 48.0 Å². The number of pyridine rings is 1. The molecule has 3 aromatic rings. The Kier molecular flexibility index (Phi) is 4.88. The number of benzene rings is 1. The fourth-order valence-corrected chi connectivity index (χ4v) is 2.67. The number of imidazole rings is 1. The van der Waals surface area contributed by atoms with E-state index in [-0.39, 0.29) is 12.3 Å². The van der Waals surface area contributed by atoms with E-state index in [4.69, 9.17) is 9.47 Å². The molecule has 2 heterocycles. The number of aryl methyl sites for hydroxylation is 1. The number of aromatic nitrogens is 2. The monoisotopic (exact) mass is 339 g/mol. The Hall–Kier alpha value is -3.02. The SMILES string of the molecule is COc1ccc(CC(=O)NCc2cn3cc(C)ccc3n2)cc1OC. The minimum absolute atomic E-state index is 0.0690. The molecule has 0 unspecified atom stereocenters. The maximum atomic E-state index is 12.2. The molecule has 0 spiro atoms. The van der Waals surface area contributed by atoms with Gasteiger partial charge in [-0.2, -0.15) is 0 Å². The topological polar surface area (TPSA) is 64.9 Å². The standard InChI is InChI=1S/C19H21N3O3/c1-13-4-7-18-21-15(12-22(18)11-13)10-20-19(23)9-14-5-6-16(24-2)17(8-14)25-3/h4-8,11-12H,9-10H2,1-3H3,(H,20,23). The molecule has 0 atom stereocenters. The third-order valence-electron chi connectivity index (χ3n) is 3.93. The van der Waals surface area contributed by atoms with Gasteiger partial charge >= 0.3 is 0 Å². The van der Waals surface area contributed by atoms with Crippen molar-refractivity contribution >= 4 is 11.6 Å². The van der Waals surface area contributed by atoms with Crippen LogP contribution in [0, 0.1) is 6.92 Å². The smallest absolute Gasteiger partial charge is 0.224 e. The molecular weight excluding hydrogens is 318 g/mol. The number of amides is 1. The predicted molar refractivity (Wildman–Crippen MR) is 95.0 cm³/mol. The summed E-state index contributed by atoms with van der Waals surface area (Å²) in [6, 6.07) is 9.44. The zero-order valence-corrected chi connectivity index (χ0v) is 14.6. The van der Waals surface area contributed by atoms with Crippen LogP contribution < -0.4 is 14.8 Å². The van der Waals surface area contributed by atoms with E-state index < -0.39 is 0 Å². The number of hydrogen-bond donors (Lipinski definition) is 1. The molecule has 0 aliphatic rings. The van der Waals surface area contributed by atoms with E-state index in [0.717, 1.165) is 22.5 Å². The highest BCUT2D eigenvalue weighted by Gasteiger charge is 2.09. The Balaban J connectivity index is 1.62. The van der Waals surface area contributed by atoms with E-state index in [1.165, 1.54) is 0 Å². The molecule has 130 valence electrons. The van der Waals surface area contributed by atoms with Gasteiger partial charge in [0, 0.05) is 12.4 Å². The quantitative estimate of drug-likeness (QED) is 0.749. The summed E-state index contributed by atoms with van der Waals surface area (Å²) < 4.78 is 12.4. The van der Waals surface area contributed by atoms with Gasteiger partial charge in [0.05, 0.1) is 32.9 Å². The first kappa shape index (κ1) is 16.8. The molecule has 0 saturated heterocycles. The number of hydrogen-bond acceptors (Lipinski definition) is 4. The Labute approximate surface area is 146 Å². The van der Waals surface area contributed by atoms with Crippen LogP contribution in [0.25, 0.3) is 5.65 Å². The summed E-state index contributed by atoms with van der Waals surface area (Å²) in [5.74, 6) is 1.19. The third kappa shape index (κ3) is 3.91. The molecule has 0 aliphatic heterocycles. The van der Waals surface area contributed by atoms with Crippen molar-refractivity contribution in [2.24, 2.45) is 0 Å². The molecule has 0 aliphatic carbocycles. The number of fused-ring (bicyclic) bond motifs is 1. The molecule has 0 bridgehead atoms. The highest BCUT2D eigenvalue weighted by molar-refractivity contribution is 5.78. The van der Waals surface area contributed by atoms with Crippen LogP contribution in [-0.4, -0.2) is 29.5 Å². The largest absolute Gasteiger partial charge is 0.493 e. The normalized spacial score (nSPS) is 10.7. The second kappa shape index (κ2) is 7.25. The summed E-state index contributed by atoms with van der Waals surface area (Å²) in [7, 11) is 3.16. The van der Waals surface area contributed by atoms with Crippen molar-refractivity contribution in [1.82, 2.24) is 14.7 Å². The summed E-state index contributed by atoms with van der Waals surface area (Å²) in [6.07, 6.45) is 4.21. The average Bonchev–Trinajstić information content (AvgIpc) is 3.01. The highest BCUT2D eigenvalue weighted by Crippen LogP contribution is 2.27. The van der Waals surface area contributed by atoms with E-state index in [2.05, 4.69) is 10.3 Å². The second-order valence-corrected chi connectivity index (χ2v) is 5.85. The van der Waals surface area contributed by atoms with Crippen molar-refractivity contribution in [3.05, 3.63) is 59.5 Å². The molecular formula is C19H21N3O3. The fraction of sp³-hybridized carbons (Fsp3) is 0.263. The fourth-order valence-electron chi connectivity index (χ4n) is 2.67. The van der Waals surface area contributed by atoms with Gasteiger partial charge in [0.25, 0.3) is 0 Å². The zero-order valence-electron chi connectivity index (χ0n) is 14.6. The molecule has 6 nitrogen and oxygen atoms in total. The third-order valence-corrected chi connectivity index (χ3v) is 3.93.